The van der Waals surface area contributed by atoms with E-state index in [-0.39, 0.29) is 0 Å². The van der Waals surface area contributed by atoms with E-state index in [1.807, 2.05) is 91.0 Å². The summed E-state index contributed by atoms with van der Waals surface area (Å²) in [6.45, 7) is 4.24. The van der Waals surface area contributed by atoms with Gasteiger partial charge in [-0.05, 0) is 54.6 Å². The van der Waals surface area contributed by atoms with Crippen LogP contribution in [0.4, 0.5) is 0 Å². The Morgan fingerprint density at radius 1 is 0.625 bits per heavy atom. The molecule has 7 nitrogen and oxygen atoms in total. The Labute approximate surface area is 324 Å². The molecule has 2 aliphatic carbocycles. The molecule has 0 radical (unpaired) electrons. The average molecular weight is 722 g/mol. The Morgan fingerprint density at radius 3 is 1.95 bits per heavy atom. The Hall–Kier alpha value is -7.51. The predicted molar refractivity (Wildman–Crippen MR) is 231 cm³/mol. The summed E-state index contributed by atoms with van der Waals surface area (Å²) in [5.74, 6) is 2.42. The van der Waals surface area contributed by atoms with Gasteiger partial charge in [-0.3, -0.25) is 4.57 Å². The first-order valence-electron chi connectivity index (χ1n) is 18.7. The van der Waals surface area contributed by atoms with Crippen molar-refractivity contribution in [3.05, 3.63) is 191 Å². The highest BCUT2D eigenvalue weighted by atomic mass is 15.2. The fraction of sp³-hybridized carbons (Fsp3) is 0.0408. The minimum Gasteiger partial charge on any atom is -0.320 e. The van der Waals surface area contributed by atoms with Crippen LogP contribution < -0.4 is 0 Å². The van der Waals surface area contributed by atoms with Crippen molar-refractivity contribution in [3.8, 4) is 28.7 Å². The van der Waals surface area contributed by atoms with Crippen LogP contribution in [-0.2, 0) is 6.67 Å². The van der Waals surface area contributed by atoms with E-state index in [0.29, 0.717) is 30.1 Å². The lowest BCUT2D eigenvalue weighted by Gasteiger charge is -2.16. The number of allylic oxidation sites excluding steroid dienone is 5. The van der Waals surface area contributed by atoms with Gasteiger partial charge in [-0.1, -0.05) is 146 Å². The summed E-state index contributed by atoms with van der Waals surface area (Å²) in [6, 6.07) is 47.4. The molecule has 2 aliphatic rings. The number of benzene rings is 5. The molecule has 3 aromatic heterocycles. The number of hydrogen-bond donors (Lipinski definition) is 0. The molecule has 0 aliphatic heterocycles. The van der Waals surface area contributed by atoms with E-state index in [1.54, 1.807) is 0 Å². The lowest BCUT2D eigenvalue weighted by Crippen LogP contribution is -2.08. The van der Waals surface area contributed by atoms with Gasteiger partial charge in [-0.25, -0.2) is 15.0 Å². The Morgan fingerprint density at radius 2 is 1.25 bits per heavy atom. The van der Waals surface area contributed by atoms with Gasteiger partial charge in [0.1, 0.15) is 6.67 Å². The van der Waals surface area contributed by atoms with Gasteiger partial charge in [0.2, 0.25) is 5.95 Å². The third kappa shape index (κ3) is 5.83. The average Bonchev–Trinajstić information content (AvgIpc) is 3.72. The molecule has 0 spiro atoms. The Bertz CT molecular complexity index is 2900. The smallest absolute Gasteiger partial charge is 0.238 e. The number of aromatic nitrogens is 5. The van der Waals surface area contributed by atoms with Gasteiger partial charge in [-0.15, -0.1) is 0 Å². The molecule has 0 unspecified atom stereocenters. The molecule has 10 rings (SSSR count). The van der Waals surface area contributed by atoms with Crippen LogP contribution in [0.2, 0.25) is 0 Å². The third-order valence-electron chi connectivity index (χ3n) is 10.4. The minimum absolute atomic E-state index is 0.393. The molecule has 0 fully saturated rings. The topological polar surface area (TPSA) is 73.2 Å². The maximum absolute atomic E-state index is 5.17. The zero-order valence-corrected chi connectivity index (χ0v) is 30.5. The number of aliphatic imine (C=N–C) groups is 2. The van der Waals surface area contributed by atoms with Crippen molar-refractivity contribution in [1.82, 2.24) is 24.1 Å². The molecular weight excluding hydrogens is 687 g/mol. The van der Waals surface area contributed by atoms with Crippen molar-refractivity contribution in [2.75, 3.05) is 0 Å². The summed E-state index contributed by atoms with van der Waals surface area (Å²) in [4.78, 5) is 24.6. The van der Waals surface area contributed by atoms with E-state index in [2.05, 4.69) is 106 Å². The summed E-state index contributed by atoms with van der Waals surface area (Å²) in [5.41, 5.74) is 11.7. The number of fused-ring (bicyclic) bond motifs is 9. The van der Waals surface area contributed by atoms with Crippen LogP contribution in [0.25, 0.3) is 74.3 Å². The van der Waals surface area contributed by atoms with E-state index >= 15 is 0 Å². The lowest BCUT2D eigenvalue weighted by molar-refractivity contribution is 0.757. The minimum atomic E-state index is 0.393. The highest BCUT2D eigenvalue weighted by molar-refractivity contribution is 6.07. The first-order chi connectivity index (χ1) is 27.7. The van der Waals surface area contributed by atoms with Gasteiger partial charge in [-0.2, -0.15) is 9.97 Å². The monoisotopic (exact) mass is 721 g/mol. The summed E-state index contributed by atoms with van der Waals surface area (Å²) >= 11 is 0. The molecule has 0 atom stereocenters. The molecular formula is C49H35N7. The van der Waals surface area contributed by atoms with Crippen LogP contribution in [-0.4, -0.2) is 36.6 Å². The van der Waals surface area contributed by atoms with Gasteiger partial charge in [0, 0.05) is 38.6 Å². The van der Waals surface area contributed by atoms with E-state index in [0.717, 1.165) is 56.5 Å². The van der Waals surface area contributed by atoms with Gasteiger partial charge < -0.3 is 4.57 Å². The van der Waals surface area contributed by atoms with Gasteiger partial charge in [0.25, 0.3) is 0 Å². The Balaban J connectivity index is 1.20. The van der Waals surface area contributed by atoms with Crippen LogP contribution >= 0.6 is 0 Å². The van der Waals surface area contributed by atoms with Crippen molar-refractivity contribution < 1.29 is 0 Å². The normalized spacial score (nSPS) is 16.6. The van der Waals surface area contributed by atoms with Crippen LogP contribution in [0.5, 0.6) is 0 Å². The first kappa shape index (κ1) is 33.1. The van der Waals surface area contributed by atoms with E-state index in [4.69, 9.17) is 19.9 Å². The van der Waals surface area contributed by atoms with Crippen molar-refractivity contribution >= 4 is 58.2 Å². The zero-order chi connectivity index (χ0) is 37.4. The third-order valence-corrected chi connectivity index (χ3v) is 10.4. The second-order valence-electron chi connectivity index (χ2n) is 13.8. The predicted octanol–water partition coefficient (Wildman–Crippen LogP) is 11.1. The van der Waals surface area contributed by atoms with Gasteiger partial charge >= 0.3 is 0 Å². The zero-order valence-electron chi connectivity index (χ0n) is 30.5. The maximum Gasteiger partial charge on any atom is 0.238 e. The van der Waals surface area contributed by atoms with Crippen LogP contribution in [0.15, 0.2) is 173 Å². The number of para-hydroxylation sites is 2. The fourth-order valence-corrected chi connectivity index (χ4v) is 7.89. The number of rotatable bonds is 6. The highest BCUT2D eigenvalue weighted by Crippen LogP contribution is 2.42. The number of nitrogens with zero attached hydrogens (tertiary/aromatic N) is 7. The van der Waals surface area contributed by atoms with E-state index in [1.165, 1.54) is 22.1 Å². The second kappa shape index (κ2) is 14.0. The summed E-state index contributed by atoms with van der Waals surface area (Å²) in [7, 11) is 0. The molecule has 56 heavy (non-hydrogen) atoms. The summed E-state index contributed by atoms with van der Waals surface area (Å²) in [6.07, 6.45) is 14.2. The summed E-state index contributed by atoms with van der Waals surface area (Å²) in [5, 5.41) is 2.29. The van der Waals surface area contributed by atoms with Crippen molar-refractivity contribution in [3.63, 3.8) is 0 Å². The molecule has 7 heteroatoms. The molecule has 5 aromatic carbocycles. The number of hydrogen-bond acceptors (Lipinski definition) is 4. The van der Waals surface area contributed by atoms with E-state index in [9.17, 15) is 0 Å². The van der Waals surface area contributed by atoms with Crippen molar-refractivity contribution in [2.45, 2.75) is 13.1 Å². The quantitative estimate of drug-likeness (QED) is 0.127. The van der Waals surface area contributed by atoms with Crippen LogP contribution in [0.3, 0.4) is 0 Å². The molecule has 0 saturated carbocycles. The second-order valence-corrected chi connectivity index (χ2v) is 13.8. The van der Waals surface area contributed by atoms with Crippen molar-refractivity contribution in [1.29, 1.82) is 0 Å². The molecule has 0 amide bonds. The summed E-state index contributed by atoms with van der Waals surface area (Å²) < 4.78 is 4.47. The fourth-order valence-electron chi connectivity index (χ4n) is 7.89. The standard InChI is InChI=1S/C49H35N7/c1-50-46(34-17-5-2-6-18-34)51-32-55-41-25-13-12-24-39(41)45-37-30-33(16-15-27-44(45)55)28-29-43-40(31-37)38-23-11-14-26-42(38)56(43)49-53-47(35-19-7-3-8-20-35)52-48(54-49)36-21-9-4-10-22-36/h2-29,31H,1,30,32H2/b16-15?,27-15-,29-28-,33-16-,33-28?,37-31+,40-31?,43-29?,44-27?,45-37?,51-46-. The SMILES string of the molecule is C=N/C(=N\Cn1c2c(c3ccccc31)/C1=C/c3c(n(-c4nc(-c5ccccc5)nc(-c5ccccc5)n4)c4ccccc34)\C=C/C(=C/C=C\2)C1)c1ccccc1. The molecule has 0 saturated heterocycles. The molecule has 8 aromatic rings. The Kier molecular flexibility index (Phi) is 8.30. The maximum atomic E-state index is 5.17. The lowest BCUT2D eigenvalue weighted by atomic mass is 9.89. The first-order valence-corrected chi connectivity index (χ1v) is 18.7. The highest BCUT2D eigenvalue weighted by Gasteiger charge is 2.25. The van der Waals surface area contributed by atoms with Gasteiger partial charge in [0.05, 0.1) is 22.4 Å². The molecule has 266 valence electrons. The van der Waals surface area contributed by atoms with Crippen molar-refractivity contribution in [2.24, 2.45) is 9.98 Å². The molecule has 3 heterocycles. The largest absolute Gasteiger partial charge is 0.320 e. The number of amidine groups is 1. The molecule has 2 bridgehead atoms. The van der Waals surface area contributed by atoms with Gasteiger partial charge in [0.15, 0.2) is 17.5 Å². The van der Waals surface area contributed by atoms with Crippen LogP contribution in [0, 0.1) is 0 Å². The van der Waals surface area contributed by atoms with E-state index < -0.39 is 0 Å². The molecule has 0 N–H and O–H groups in total. The van der Waals surface area contributed by atoms with Crippen LogP contribution in [0.1, 0.15) is 34.5 Å².